The second-order valence-corrected chi connectivity index (χ2v) is 11.7. The minimum absolute atomic E-state index is 0.0309. The van der Waals surface area contributed by atoms with Crippen molar-refractivity contribution in [3.63, 3.8) is 0 Å². The van der Waals surface area contributed by atoms with Crippen LogP contribution in [0.1, 0.15) is 51.9 Å². The minimum atomic E-state index is -7.98. The molecule has 0 N–H and O–H groups in total. The molecular formula is C31H33F17N2O5. The Morgan fingerprint density at radius 1 is 0.564 bits per heavy atom. The normalized spacial score (nSPS) is 14.9. The largest absolute Gasteiger partial charge is 0.490 e. The molecule has 0 aliphatic carbocycles. The standard InChI is InChI=1S/C31H33F17N2O5/c1-2-3-4-5-6-7-8-20(32)16-53-23-13-49-24(50-14-23)19-9-11-22(12-10-19)52-17-21(33)15-51-18-25(34,35)54-30(45,46)31(47,48)55-29(43,44)27(38,39)26(36,37)28(40,41)42/h9-14,20-21H,2-8,15-18H2,1H3/t20-,21-/m1/s1. The van der Waals surface area contributed by atoms with Gasteiger partial charge in [0.2, 0.25) is 0 Å². The zero-order valence-electron chi connectivity index (χ0n) is 28.3. The molecule has 1 aromatic carbocycles. The van der Waals surface area contributed by atoms with Crippen LogP contribution in [0, 0.1) is 0 Å². The fraction of sp³-hybridized carbons (Fsp3) is 0.677. The summed E-state index contributed by atoms with van der Waals surface area (Å²) in [5.41, 5.74) is 0.414. The predicted octanol–water partition coefficient (Wildman–Crippen LogP) is 10.6. The highest BCUT2D eigenvalue weighted by Gasteiger charge is 2.85. The summed E-state index contributed by atoms with van der Waals surface area (Å²) in [6.07, 6.45) is -30.0. The average molecular weight is 837 g/mol. The van der Waals surface area contributed by atoms with E-state index in [0.29, 0.717) is 12.0 Å². The molecule has 0 saturated carbocycles. The molecule has 55 heavy (non-hydrogen) atoms. The van der Waals surface area contributed by atoms with Gasteiger partial charge in [0.05, 0.1) is 19.0 Å². The Hall–Kier alpha value is -3.41. The van der Waals surface area contributed by atoms with Crippen molar-refractivity contribution in [2.45, 2.75) is 107 Å². The van der Waals surface area contributed by atoms with Crippen LogP contribution in [0.4, 0.5) is 74.6 Å². The number of unbranched alkanes of at least 4 members (excludes halogenated alkanes) is 5. The van der Waals surface area contributed by atoms with Crippen LogP contribution in [-0.4, -0.2) is 91.2 Å². The van der Waals surface area contributed by atoms with Crippen LogP contribution < -0.4 is 9.47 Å². The first-order chi connectivity index (χ1) is 25.2. The Morgan fingerprint density at radius 2 is 1.07 bits per heavy atom. The summed E-state index contributed by atoms with van der Waals surface area (Å²) in [6, 6.07) is 5.37. The van der Waals surface area contributed by atoms with Gasteiger partial charge in [0.25, 0.3) is 0 Å². The van der Waals surface area contributed by atoms with E-state index in [4.69, 9.17) is 9.47 Å². The van der Waals surface area contributed by atoms with Crippen molar-refractivity contribution in [2.24, 2.45) is 0 Å². The predicted molar refractivity (Wildman–Crippen MR) is 155 cm³/mol. The molecule has 1 aromatic heterocycles. The number of rotatable bonds is 25. The molecule has 0 amide bonds. The van der Waals surface area contributed by atoms with Crippen molar-refractivity contribution in [1.29, 1.82) is 0 Å². The van der Waals surface area contributed by atoms with Crippen LogP contribution >= 0.6 is 0 Å². The quantitative estimate of drug-likeness (QED) is 0.0729. The number of benzene rings is 1. The Labute approximate surface area is 301 Å². The van der Waals surface area contributed by atoms with Gasteiger partial charge in [-0.15, -0.1) is 0 Å². The summed E-state index contributed by atoms with van der Waals surface area (Å²) >= 11 is 0. The van der Waals surface area contributed by atoms with Gasteiger partial charge >= 0.3 is 42.5 Å². The second kappa shape index (κ2) is 19.2. The molecular weight excluding hydrogens is 803 g/mol. The van der Waals surface area contributed by atoms with Crippen molar-refractivity contribution in [1.82, 2.24) is 9.97 Å². The van der Waals surface area contributed by atoms with Crippen LogP contribution in [0.5, 0.6) is 11.5 Å². The van der Waals surface area contributed by atoms with E-state index in [1.165, 1.54) is 41.4 Å². The third kappa shape index (κ3) is 13.6. The van der Waals surface area contributed by atoms with Crippen LogP contribution in [-0.2, 0) is 14.2 Å². The molecule has 0 unspecified atom stereocenters. The van der Waals surface area contributed by atoms with E-state index in [1.54, 1.807) is 0 Å². The molecule has 0 bridgehead atoms. The summed E-state index contributed by atoms with van der Waals surface area (Å²) in [5, 5.41) is 0. The van der Waals surface area contributed by atoms with Gasteiger partial charge in [0.15, 0.2) is 17.7 Å². The van der Waals surface area contributed by atoms with Gasteiger partial charge in [-0.25, -0.2) is 28.2 Å². The molecule has 0 fully saturated rings. The number of alkyl halides is 17. The smallest absolute Gasteiger partial charge is 0.460 e. The molecule has 0 radical (unpaired) electrons. The number of nitrogens with zero attached hydrogens (tertiary/aromatic N) is 2. The van der Waals surface area contributed by atoms with Crippen LogP contribution in [0.15, 0.2) is 36.7 Å². The highest BCUT2D eigenvalue weighted by atomic mass is 19.4. The van der Waals surface area contributed by atoms with Crippen molar-refractivity contribution in [3.8, 4) is 22.9 Å². The van der Waals surface area contributed by atoms with E-state index in [9.17, 15) is 74.6 Å². The topological polar surface area (TPSA) is 71.9 Å². The Balaban J connectivity index is 1.82. The molecule has 2 rings (SSSR count). The molecule has 0 aliphatic heterocycles. The van der Waals surface area contributed by atoms with Gasteiger partial charge in [0, 0.05) is 5.56 Å². The van der Waals surface area contributed by atoms with Crippen molar-refractivity contribution >= 4 is 0 Å². The van der Waals surface area contributed by atoms with Gasteiger partial charge < -0.3 is 14.2 Å². The van der Waals surface area contributed by atoms with E-state index >= 15 is 0 Å². The lowest BCUT2D eigenvalue weighted by molar-refractivity contribution is -0.543. The van der Waals surface area contributed by atoms with E-state index in [0.717, 1.165) is 38.5 Å². The lowest BCUT2D eigenvalue weighted by atomic mass is 10.1. The molecule has 2 atom stereocenters. The highest BCUT2D eigenvalue weighted by molar-refractivity contribution is 5.56. The fourth-order valence-corrected chi connectivity index (χ4v) is 4.12. The summed E-state index contributed by atoms with van der Waals surface area (Å²) < 4.78 is 243. The van der Waals surface area contributed by atoms with Crippen LogP contribution in [0.2, 0.25) is 0 Å². The van der Waals surface area contributed by atoms with Crippen LogP contribution in [0.25, 0.3) is 11.4 Å². The number of aromatic nitrogens is 2. The lowest BCUT2D eigenvalue weighted by Gasteiger charge is -2.36. The summed E-state index contributed by atoms with van der Waals surface area (Å²) in [4.78, 5) is 8.19. The maximum Gasteiger partial charge on any atom is 0.460 e. The molecule has 0 aliphatic rings. The van der Waals surface area contributed by atoms with Gasteiger partial charge in [-0.2, -0.15) is 65.9 Å². The number of hydrogen-bond donors (Lipinski definition) is 0. The first-order valence-electron chi connectivity index (χ1n) is 16.0. The van der Waals surface area contributed by atoms with E-state index in [1.807, 2.05) is 0 Å². The van der Waals surface area contributed by atoms with Gasteiger partial charge in [-0.3, -0.25) is 0 Å². The molecule has 316 valence electrons. The maximum absolute atomic E-state index is 14.1. The number of halogens is 17. The Morgan fingerprint density at radius 3 is 1.64 bits per heavy atom. The van der Waals surface area contributed by atoms with Gasteiger partial charge in [-0.05, 0) is 30.7 Å². The maximum atomic E-state index is 14.1. The molecule has 0 saturated heterocycles. The minimum Gasteiger partial charge on any atom is -0.490 e. The molecule has 1 heterocycles. The zero-order chi connectivity index (χ0) is 41.9. The van der Waals surface area contributed by atoms with Gasteiger partial charge in [-0.1, -0.05) is 45.4 Å². The fourth-order valence-electron chi connectivity index (χ4n) is 4.12. The summed E-state index contributed by atoms with van der Waals surface area (Å²) in [7, 11) is 0. The van der Waals surface area contributed by atoms with Gasteiger partial charge in [0.1, 0.15) is 31.7 Å². The first kappa shape index (κ1) is 47.7. The summed E-state index contributed by atoms with van der Waals surface area (Å²) in [5.74, 6) is -15.5. The third-order valence-corrected chi connectivity index (χ3v) is 7.03. The van der Waals surface area contributed by atoms with E-state index in [2.05, 4.69) is 26.4 Å². The van der Waals surface area contributed by atoms with E-state index < -0.39 is 74.6 Å². The highest BCUT2D eigenvalue weighted by Crippen LogP contribution is 2.56. The third-order valence-electron chi connectivity index (χ3n) is 7.03. The SMILES string of the molecule is CCCCCCCC[C@@H](F)COc1cnc(-c2ccc(OC[C@H](F)COCC(F)(F)OC(F)(F)C(F)(F)OC(F)(F)C(F)(F)C(F)(F)C(F)(F)F)cc2)nc1. The van der Waals surface area contributed by atoms with Crippen molar-refractivity contribution in [3.05, 3.63) is 36.7 Å². The number of ether oxygens (including phenoxy) is 5. The first-order valence-corrected chi connectivity index (χ1v) is 16.0. The zero-order valence-corrected chi connectivity index (χ0v) is 28.3. The second-order valence-electron chi connectivity index (χ2n) is 11.7. The van der Waals surface area contributed by atoms with Crippen LogP contribution in [0.3, 0.4) is 0 Å². The number of hydrogen-bond acceptors (Lipinski definition) is 7. The monoisotopic (exact) mass is 836 g/mol. The Kier molecular flexibility index (Phi) is 16.6. The van der Waals surface area contributed by atoms with Crippen molar-refractivity contribution < 1.29 is 98.3 Å². The molecule has 0 spiro atoms. The Bertz CT molecular complexity index is 1430. The molecule has 24 heteroatoms. The average Bonchev–Trinajstić information content (AvgIpc) is 3.06. The molecule has 2 aromatic rings. The van der Waals surface area contributed by atoms with E-state index in [-0.39, 0.29) is 23.9 Å². The lowest BCUT2D eigenvalue weighted by Crippen LogP contribution is -2.64. The molecule has 7 nitrogen and oxygen atoms in total. The van der Waals surface area contributed by atoms with Crippen molar-refractivity contribution in [2.75, 3.05) is 26.4 Å². The summed E-state index contributed by atoms with van der Waals surface area (Å²) in [6.45, 7) is -3.05.